The van der Waals surface area contributed by atoms with Crippen LogP contribution in [-0.4, -0.2) is 129 Å². The molecule has 18 nitrogen and oxygen atoms in total. The number of carbonyl (C=O) groups excluding carboxylic acids is 3. The van der Waals surface area contributed by atoms with E-state index in [2.05, 4.69) is 41.8 Å². The first-order chi connectivity index (χ1) is 34.5. The number of nitrogens with one attached hydrogen (secondary N) is 3. The normalized spacial score (nSPS) is 11.7. The minimum Gasteiger partial charge on any atom is -0.481 e. The van der Waals surface area contributed by atoms with E-state index in [1.54, 1.807) is 6.07 Å². The van der Waals surface area contributed by atoms with Crippen molar-refractivity contribution in [1.29, 1.82) is 0 Å². The second kappa shape index (κ2) is 26.4. The minimum absolute atomic E-state index is 0.0168. The Morgan fingerprint density at radius 3 is 1.33 bits per heavy atom. The molecule has 6 N–H and O–H groups in total. The maximum Gasteiger partial charge on any atom is 0.311 e. The summed E-state index contributed by atoms with van der Waals surface area (Å²) in [6, 6.07) is 13.4. The van der Waals surface area contributed by atoms with Crippen molar-refractivity contribution in [1.82, 2.24) is 29.7 Å². The highest BCUT2D eigenvalue weighted by Crippen LogP contribution is 2.35. The van der Waals surface area contributed by atoms with Crippen LogP contribution in [0.1, 0.15) is 105 Å². The maximum atomic E-state index is 13.3. The Morgan fingerprint density at radius 1 is 0.458 bits per heavy atom. The summed E-state index contributed by atoms with van der Waals surface area (Å²) in [5.74, 6) is -2.72. The molecule has 0 aliphatic carbocycles. The highest BCUT2D eigenvalue weighted by atomic mass is 16.5. The number of hydrogen-bond acceptors (Lipinski definition) is 12. The molecular formula is C54H68N6O12. The van der Waals surface area contributed by atoms with Crippen molar-refractivity contribution in [2.75, 3.05) is 47.8 Å². The molecule has 6 aromatic rings. The van der Waals surface area contributed by atoms with Gasteiger partial charge in [0.25, 0.3) is 0 Å². The van der Waals surface area contributed by atoms with Crippen LogP contribution < -0.4 is 14.2 Å². The lowest BCUT2D eigenvalue weighted by Crippen LogP contribution is -2.21. The molecule has 0 atom stereocenters. The average Bonchev–Trinajstić information content (AvgIpc) is 4.05. The molecule has 0 saturated carbocycles. The zero-order valence-corrected chi connectivity index (χ0v) is 41.8. The van der Waals surface area contributed by atoms with Gasteiger partial charge in [0, 0.05) is 123 Å². The molecule has 3 heterocycles. The van der Waals surface area contributed by atoms with Gasteiger partial charge in [-0.3, -0.25) is 28.8 Å². The third-order valence-electron chi connectivity index (χ3n) is 12.5. The summed E-state index contributed by atoms with van der Waals surface area (Å²) in [7, 11) is 7.99. The smallest absolute Gasteiger partial charge is 0.311 e. The fourth-order valence-corrected chi connectivity index (χ4v) is 8.87. The van der Waals surface area contributed by atoms with Gasteiger partial charge in [0.1, 0.15) is 17.2 Å². The quantitative estimate of drug-likeness (QED) is 0.0136. The van der Waals surface area contributed by atoms with Gasteiger partial charge < -0.3 is 59.2 Å². The van der Waals surface area contributed by atoms with Crippen LogP contribution in [0.5, 0.6) is 17.2 Å². The number of likely N-dealkylation sites (N-methyl/N-ethyl adjacent to an activating group) is 3. The van der Waals surface area contributed by atoms with Gasteiger partial charge in [-0.25, -0.2) is 0 Å². The fourth-order valence-electron chi connectivity index (χ4n) is 8.87. The minimum atomic E-state index is -0.967. The van der Waals surface area contributed by atoms with Gasteiger partial charge in [0.15, 0.2) is 0 Å². The molecule has 3 aromatic heterocycles. The molecule has 72 heavy (non-hydrogen) atoms. The van der Waals surface area contributed by atoms with Gasteiger partial charge in [-0.1, -0.05) is 12.5 Å². The predicted molar refractivity (Wildman–Crippen MR) is 272 cm³/mol. The summed E-state index contributed by atoms with van der Waals surface area (Å²) in [5, 5.41) is 29.5. The largest absolute Gasteiger partial charge is 0.481 e. The summed E-state index contributed by atoms with van der Waals surface area (Å²) in [6.45, 7) is 3.09. The van der Waals surface area contributed by atoms with Crippen molar-refractivity contribution >= 4 is 68.5 Å². The van der Waals surface area contributed by atoms with Gasteiger partial charge in [0.05, 0.1) is 0 Å². The number of nitrogens with zero attached hydrogens (tertiary/aromatic N) is 3. The molecule has 18 heteroatoms. The number of carboxylic acids is 3. The van der Waals surface area contributed by atoms with Crippen molar-refractivity contribution in [3.8, 4) is 17.2 Å². The number of hydrogen-bond donors (Lipinski definition) is 6. The molecule has 0 bridgehead atoms. The van der Waals surface area contributed by atoms with Gasteiger partial charge >= 0.3 is 35.8 Å². The number of fused-ring (bicyclic) bond motifs is 3. The highest BCUT2D eigenvalue weighted by molar-refractivity contribution is 5.94. The Balaban J connectivity index is 1.15. The van der Waals surface area contributed by atoms with Crippen LogP contribution in [0.15, 0.2) is 61.1 Å². The Bertz CT molecular complexity index is 2840. The van der Waals surface area contributed by atoms with E-state index < -0.39 is 29.8 Å². The molecule has 0 saturated heterocycles. The zero-order chi connectivity index (χ0) is 51.7. The van der Waals surface area contributed by atoms with E-state index in [1.807, 2.05) is 71.0 Å². The lowest BCUT2D eigenvalue weighted by Gasteiger charge is -2.19. The Labute approximate surface area is 418 Å². The molecule has 0 aliphatic rings. The molecule has 0 aliphatic heterocycles. The standard InChI is InChI=1S/C54H68N6O12/c1-58(2)23-20-37-31-56-41-26-35(28-44(53(37)41)72-51(69)19-11-16-48(65)66)34-60(4)25-22-39-32-57-42-27-36(29-45(54(39)42)71-50(68)18-9-8-15-47(63)64)33-59(3)24-21-38-30-55-40-12-10-13-43(52(38)40)70-49(67)17-7-5-6-14-46(61)62/h10,12-13,26-32,55-57H,5-9,11,14-25,33-34H2,1-4H3,(H,61,62)(H,63,64)(H,65,66). The predicted octanol–water partition coefficient (Wildman–Crippen LogP) is 8.23. The molecule has 0 unspecified atom stereocenters. The SMILES string of the molecule is CN(C)CCc1c[nH]c2cc(CN(C)CCc3c[nH]c4cc(CN(C)CCc5c[nH]c6cccc(OC(=O)CCCCCC(=O)O)c56)cc(OC(=O)CCCCC(=O)O)c34)cc(OC(=O)CCCC(=O)O)c12. The van der Waals surface area contributed by atoms with E-state index >= 15 is 0 Å². The first-order valence-corrected chi connectivity index (χ1v) is 24.7. The lowest BCUT2D eigenvalue weighted by molar-refractivity contribution is -0.139. The number of ether oxygens (including phenoxy) is 3. The summed E-state index contributed by atoms with van der Waals surface area (Å²) >= 11 is 0. The maximum absolute atomic E-state index is 13.3. The van der Waals surface area contributed by atoms with Crippen LogP contribution in [0.4, 0.5) is 0 Å². The number of H-pyrrole nitrogens is 3. The Morgan fingerprint density at radius 2 is 0.847 bits per heavy atom. The molecule has 0 amide bonds. The van der Waals surface area contributed by atoms with E-state index in [4.69, 9.17) is 29.5 Å². The number of aliphatic carboxylic acids is 3. The van der Waals surface area contributed by atoms with Gasteiger partial charge in [-0.2, -0.15) is 0 Å². The first kappa shape index (κ1) is 54.3. The van der Waals surface area contributed by atoms with Crippen LogP contribution in [-0.2, 0) is 61.1 Å². The number of benzene rings is 3. The molecule has 3 aromatic carbocycles. The first-order valence-electron chi connectivity index (χ1n) is 24.7. The fraction of sp³-hybridized carbons (Fsp3) is 0.444. The number of carbonyl (C=O) groups is 6. The highest BCUT2D eigenvalue weighted by Gasteiger charge is 2.20. The number of aromatic nitrogens is 3. The third-order valence-corrected chi connectivity index (χ3v) is 12.5. The van der Waals surface area contributed by atoms with E-state index in [0.29, 0.717) is 88.4 Å². The molecule has 386 valence electrons. The number of aromatic amines is 3. The molecular weight excluding hydrogens is 925 g/mol. The van der Waals surface area contributed by atoms with Gasteiger partial charge in [-0.05, 0) is 144 Å². The van der Waals surface area contributed by atoms with Crippen LogP contribution in [0, 0.1) is 0 Å². The van der Waals surface area contributed by atoms with Gasteiger partial charge in [0.2, 0.25) is 0 Å². The van der Waals surface area contributed by atoms with E-state index in [-0.39, 0.29) is 50.9 Å². The van der Waals surface area contributed by atoms with Gasteiger partial charge in [-0.15, -0.1) is 0 Å². The van der Waals surface area contributed by atoms with Crippen LogP contribution >= 0.6 is 0 Å². The monoisotopic (exact) mass is 992 g/mol. The van der Waals surface area contributed by atoms with Crippen LogP contribution in [0.2, 0.25) is 0 Å². The van der Waals surface area contributed by atoms with E-state index in [1.165, 1.54) is 0 Å². The molecule has 0 fully saturated rings. The second-order valence-corrected chi connectivity index (χ2v) is 18.9. The number of rotatable bonds is 31. The number of unbranched alkanes of at least 4 members (excludes halogenated alkanes) is 3. The van der Waals surface area contributed by atoms with Crippen molar-refractivity contribution in [2.45, 2.75) is 109 Å². The van der Waals surface area contributed by atoms with E-state index in [0.717, 1.165) is 73.5 Å². The Hall–Kier alpha value is -7.02. The zero-order valence-electron chi connectivity index (χ0n) is 41.8. The number of carboxylic acid groups (broad SMARTS) is 3. The summed E-state index contributed by atoms with van der Waals surface area (Å²) in [6.07, 6.45) is 10.5. The van der Waals surface area contributed by atoms with Crippen LogP contribution in [0.25, 0.3) is 32.7 Å². The van der Waals surface area contributed by atoms with E-state index in [9.17, 15) is 28.8 Å². The molecule has 0 spiro atoms. The van der Waals surface area contributed by atoms with Crippen LogP contribution in [0.3, 0.4) is 0 Å². The average molecular weight is 993 g/mol. The topological polar surface area (TPSA) is 248 Å². The summed E-state index contributed by atoms with van der Waals surface area (Å²) in [4.78, 5) is 88.5. The van der Waals surface area contributed by atoms with Crippen molar-refractivity contribution < 1.29 is 58.3 Å². The molecule has 6 rings (SSSR count). The number of esters is 3. The van der Waals surface area contributed by atoms with Crippen molar-refractivity contribution in [3.05, 3.63) is 88.9 Å². The lowest BCUT2D eigenvalue weighted by atomic mass is 10.0. The second-order valence-electron chi connectivity index (χ2n) is 18.9. The summed E-state index contributed by atoms with van der Waals surface area (Å²) in [5.41, 5.74) is 7.24. The van der Waals surface area contributed by atoms with Crippen molar-refractivity contribution in [3.63, 3.8) is 0 Å². The third kappa shape index (κ3) is 16.3. The molecule has 0 radical (unpaired) electrons. The van der Waals surface area contributed by atoms with Crippen molar-refractivity contribution in [2.24, 2.45) is 0 Å². The Kier molecular flexibility index (Phi) is 19.9. The summed E-state index contributed by atoms with van der Waals surface area (Å²) < 4.78 is 17.8.